The molecule has 1 aromatic heterocycles. The minimum atomic E-state index is -0.124. The summed E-state index contributed by atoms with van der Waals surface area (Å²) in [5.74, 6) is -0.124. The van der Waals surface area contributed by atoms with E-state index in [2.05, 4.69) is 31.5 Å². The lowest BCUT2D eigenvalue weighted by atomic mass is 10.1. The van der Waals surface area contributed by atoms with Crippen molar-refractivity contribution in [2.24, 2.45) is 5.73 Å². The number of hydrogen-bond donors (Lipinski definition) is 2. The van der Waals surface area contributed by atoms with Gasteiger partial charge in [0.15, 0.2) is 0 Å². The van der Waals surface area contributed by atoms with Gasteiger partial charge in [-0.25, -0.2) is 0 Å². The average molecular weight is 254 g/mol. The number of hydrogen-bond acceptors (Lipinski definition) is 2. The van der Waals surface area contributed by atoms with Crippen LogP contribution in [0.5, 0.6) is 0 Å². The first kappa shape index (κ1) is 13.1. The number of aryl methyl sites for hydroxylation is 2. The molecule has 0 atom stereocenters. The van der Waals surface area contributed by atoms with E-state index >= 15 is 0 Å². The normalized spacial score (nSPS) is 12.4. The predicted octanol–water partition coefficient (Wildman–Crippen LogP) is 3.39. The smallest absolute Gasteiger partial charge is 0.210 e. The van der Waals surface area contributed by atoms with Gasteiger partial charge in [-0.15, -0.1) is 0 Å². The molecule has 0 aliphatic rings. The van der Waals surface area contributed by atoms with Crippen molar-refractivity contribution >= 4 is 16.7 Å². The minimum absolute atomic E-state index is 0.124. The average Bonchev–Trinajstić information content (AvgIpc) is 2.73. The van der Waals surface area contributed by atoms with Gasteiger partial charge in [0.05, 0.1) is 5.69 Å². The van der Waals surface area contributed by atoms with Crippen LogP contribution in [0.3, 0.4) is 0 Å². The number of aromatic nitrogens is 1. The van der Waals surface area contributed by atoms with Crippen molar-refractivity contribution in [1.29, 1.82) is 0 Å². The molecule has 0 saturated carbocycles. The summed E-state index contributed by atoms with van der Waals surface area (Å²) in [7, 11) is 0. The fourth-order valence-corrected chi connectivity index (χ4v) is 2.10. The largest absolute Gasteiger partial charge is 0.402 e. The Labute approximate surface area is 112 Å². The van der Waals surface area contributed by atoms with Gasteiger partial charge >= 0.3 is 0 Å². The van der Waals surface area contributed by atoms with Crippen molar-refractivity contribution in [3.8, 4) is 0 Å². The number of Topliss-reactive ketones (excluding diaryl/α,β-unsaturated/α-hetero) is 1. The highest BCUT2D eigenvalue weighted by Crippen LogP contribution is 2.22. The lowest BCUT2D eigenvalue weighted by molar-refractivity contribution is 0.103. The van der Waals surface area contributed by atoms with Crippen LogP contribution in [-0.2, 0) is 0 Å². The van der Waals surface area contributed by atoms with Gasteiger partial charge in [0, 0.05) is 22.2 Å². The number of allylic oxidation sites excluding steroid dienone is 3. The van der Waals surface area contributed by atoms with E-state index in [1.807, 2.05) is 12.1 Å². The van der Waals surface area contributed by atoms with E-state index in [0.717, 1.165) is 10.9 Å². The zero-order valence-corrected chi connectivity index (χ0v) is 11.5. The molecule has 2 aromatic rings. The van der Waals surface area contributed by atoms with Crippen LogP contribution < -0.4 is 5.73 Å². The van der Waals surface area contributed by atoms with Crippen molar-refractivity contribution in [3.05, 3.63) is 58.9 Å². The van der Waals surface area contributed by atoms with Crippen molar-refractivity contribution in [3.63, 3.8) is 0 Å². The molecule has 2 rings (SSSR count). The lowest BCUT2D eigenvalue weighted by Crippen LogP contribution is -2.08. The summed E-state index contributed by atoms with van der Waals surface area (Å²) in [6.07, 6.45) is 1.50. The summed E-state index contributed by atoms with van der Waals surface area (Å²) in [6, 6.07) is 5.98. The minimum Gasteiger partial charge on any atom is -0.402 e. The van der Waals surface area contributed by atoms with E-state index in [4.69, 9.17) is 5.73 Å². The second-order valence-electron chi connectivity index (χ2n) is 4.84. The molecule has 1 aromatic carbocycles. The standard InChI is InChI=1S/C16H18N2O/c1-5-13(11(4)17)16(19)15-8-12-6-9(2)10(3)7-14(12)18-15/h5-8,18H,1,17H2,2-4H3/b13-11+. The van der Waals surface area contributed by atoms with E-state index in [0.29, 0.717) is 17.0 Å². The van der Waals surface area contributed by atoms with Crippen LogP contribution in [0.2, 0.25) is 0 Å². The molecule has 0 aliphatic heterocycles. The number of rotatable bonds is 3. The Morgan fingerprint density at radius 2 is 1.89 bits per heavy atom. The molecular formula is C16H18N2O. The second kappa shape index (κ2) is 4.76. The Morgan fingerprint density at radius 1 is 1.26 bits per heavy atom. The van der Waals surface area contributed by atoms with Crippen LogP contribution in [0.4, 0.5) is 0 Å². The predicted molar refractivity (Wildman–Crippen MR) is 79.2 cm³/mol. The maximum atomic E-state index is 12.3. The van der Waals surface area contributed by atoms with Gasteiger partial charge in [-0.1, -0.05) is 12.7 Å². The number of nitrogens with one attached hydrogen (secondary N) is 1. The van der Waals surface area contributed by atoms with E-state index in [1.54, 1.807) is 6.92 Å². The summed E-state index contributed by atoms with van der Waals surface area (Å²) in [5, 5.41) is 1.03. The third-order valence-corrected chi connectivity index (χ3v) is 3.35. The molecule has 1 heterocycles. The van der Waals surface area contributed by atoms with Crippen LogP contribution in [0, 0.1) is 13.8 Å². The number of carbonyl (C=O) groups is 1. The number of carbonyl (C=O) groups excluding carboxylic acids is 1. The van der Waals surface area contributed by atoms with Crippen LogP contribution in [-0.4, -0.2) is 10.8 Å². The Morgan fingerprint density at radius 3 is 2.47 bits per heavy atom. The van der Waals surface area contributed by atoms with Gasteiger partial charge in [-0.3, -0.25) is 4.79 Å². The van der Waals surface area contributed by atoms with Gasteiger partial charge in [0.25, 0.3) is 0 Å². The Balaban J connectivity index is 2.56. The highest BCUT2D eigenvalue weighted by atomic mass is 16.1. The summed E-state index contributed by atoms with van der Waals surface area (Å²) in [6.45, 7) is 9.45. The first-order chi connectivity index (χ1) is 8.93. The number of nitrogens with two attached hydrogens (primary N) is 1. The van der Waals surface area contributed by atoms with E-state index < -0.39 is 0 Å². The first-order valence-electron chi connectivity index (χ1n) is 6.17. The second-order valence-corrected chi connectivity index (χ2v) is 4.84. The molecule has 3 nitrogen and oxygen atoms in total. The highest BCUT2D eigenvalue weighted by Gasteiger charge is 2.14. The third-order valence-electron chi connectivity index (χ3n) is 3.35. The zero-order chi connectivity index (χ0) is 14.2. The maximum Gasteiger partial charge on any atom is 0.210 e. The molecule has 0 amide bonds. The van der Waals surface area contributed by atoms with E-state index in [9.17, 15) is 4.79 Å². The van der Waals surface area contributed by atoms with Gasteiger partial charge in [-0.2, -0.15) is 0 Å². The van der Waals surface area contributed by atoms with E-state index in [1.165, 1.54) is 17.2 Å². The molecule has 3 N–H and O–H groups in total. The van der Waals surface area contributed by atoms with Crippen molar-refractivity contribution in [1.82, 2.24) is 4.98 Å². The topological polar surface area (TPSA) is 58.9 Å². The van der Waals surface area contributed by atoms with Gasteiger partial charge in [-0.05, 0) is 50.1 Å². The maximum absolute atomic E-state index is 12.3. The third kappa shape index (κ3) is 2.32. The van der Waals surface area contributed by atoms with Crippen molar-refractivity contribution in [2.45, 2.75) is 20.8 Å². The van der Waals surface area contributed by atoms with E-state index in [-0.39, 0.29) is 5.78 Å². The summed E-state index contributed by atoms with van der Waals surface area (Å²) < 4.78 is 0. The molecule has 0 saturated heterocycles. The fourth-order valence-electron chi connectivity index (χ4n) is 2.10. The van der Waals surface area contributed by atoms with Crippen molar-refractivity contribution in [2.75, 3.05) is 0 Å². The molecule has 0 aliphatic carbocycles. The molecule has 0 unspecified atom stereocenters. The van der Waals surface area contributed by atoms with Gasteiger partial charge in [0.2, 0.25) is 5.78 Å². The molecule has 0 radical (unpaired) electrons. The fraction of sp³-hybridized carbons (Fsp3) is 0.188. The lowest BCUT2D eigenvalue weighted by Gasteiger charge is -2.01. The quantitative estimate of drug-likeness (QED) is 0.501. The Kier molecular flexibility index (Phi) is 3.30. The monoisotopic (exact) mass is 254 g/mol. The van der Waals surface area contributed by atoms with Crippen molar-refractivity contribution < 1.29 is 4.79 Å². The molecule has 19 heavy (non-hydrogen) atoms. The van der Waals surface area contributed by atoms with Crippen LogP contribution in [0.1, 0.15) is 28.5 Å². The van der Waals surface area contributed by atoms with Crippen LogP contribution in [0.25, 0.3) is 10.9 Å². The summed E-state index contributed by atoms with van der Waals surface area (Å²) in [4.78, 5) is 15.5. The molecule has 98 valence electrons. The number of ketones is 1. The Hall–Kier alpha value is -2.29. The highest BCUT2D eigenvalue weighted by molar-refractivity contribution is 6.11. The molecule has 3 heteroatoms. The number of H-pyrrole nitrogens is 1. The number of fused-ring (bicyclic) bond motifs is 1. The number of aromatic amines is 1. The molecule has 0 bridgehead atoms. The van der Waals surface area contributed by atoms with Gasteiger partial charge < -0.3 is 10.7 Å². The van der Waals surface area contributed by atoms with Gasteiger partial charge in [0.1, 0.15) is 0 Å². The Bertz CT molecular complexity index is 662. The molecule has 0 fully saturated rings. The first-order valence-corrected chi connectivity index (χ1v) is 6.17. The van der Waals surface area contributed by atoms with Crippen LogP contribution >= 0.6 is 0 Å². The number of benzene rings is 1. The summed E-state index contributed by atoms with van der Waals surface area (Å²) >= 11 is 0. The zero-order valence-electron chi connectivity index (χ0n) is 11.5. The SMILES string of the molecule is C=C/C(C(=O)c1cc2cc(C)c(C)cc2[nH]1)=C(/C)N. The summed E-state index contributed by atoms with van der Waals surface area (Å²) in [5.41, 5.74) is 10.5. The van der Waals surface area contributed by atoms with Crippen LogP contribution in [0.15, 0.2) is 42.1 Å². The molecular weight excluding hydrogens is 236 g/mol. The molecule has 0 spiro atoms.